The van der Waals surface area contributed by atoms with Crippen molar-refractivity contribution in [1.29, 1.82) is 0 Å². The lowest BCUT2D eigenvalue weighted by Gasteiger charge is -2.18. The number of likely N-dealkylation sites (N-methyl/N-ethyl adjacent to an activating group) is 1. The highest BCUT2D eigenvalue weighted by atomic mass is 127. The molecule has 0 spiro atoms. The van der Waals surface area contributed by atoms with Crippen LogP contribution >= 0.6 is 35.3 Å². The molecule has 0 aliphatic carbocycles. The Balaban J connectivity index is 0.00000450. The van der Waals surface area contributed by atoms with Crippen LogP contribution in [0.15, 0.2) is 29.3 Å². The molecule has 8 heteroatoms. The summed E-state index contributed by atoms with van der Waals surface area (Å²) in [6.07, 6.45) is 0. The van der Waals surface area contributed by atoms with E-state index in [1.165, 1.54) is 4.88 Å². The molecule has 168 valence electrons. The van der Waals surface area contributed by atoms with Crippen molar-refractivity contribution in [2.75, 3.05) is 32.8 Å². The van der Waals surface area contributed by atoms with Gasteiger partial charge in [-0.15, -0.1) is 35.3 Å². The summed E-state index contributed by atoms with van der Waals surface area (Å²) >= 11 is 1.73. The fourth-order valence-corrected chi connectivity index (χ4v) is 3.68. The molecule has 0 bridgehead atoms. The molecule has 1 aromatic carbocycles. The Morgan fingerprint density at radius 3 is 2.37 bits per heavy atom. The van der Waals surface area contributed by atoms with Crippen LogP contribution in [0.1, 0.15) is 41.9 Å². The monoisotopic (exact) mass is 545 g/mol. The van der Waals surface area contributed by atoms with Crippen LogP contribution in [0.5, 0.6) is 5.75 Å². The number of hydrogen-bond donors (Lipinski definition) is 2. The van der Waals surface area contributed by atoms with E-state index in [0.717, 1.165) is 54.2 Å². The van der Waals surface area contributed by atoms with Crippen molar-refractivity contribution in [2.24, 2.45) is 4.99 Å². The van der Waals surface area contributed by atoms with Crippen LogP contribution in [-0.2, 0) is 13.1 Å². The molecule has 1 aromatic heterocycles. The van der Waals surface area contributed by atoms with Crippen LogP contribution in [0.3, 0.4) is 0 Å². The average Bonchev–Trinajstić information content (AvgIpc) is 3.06. The minimum atomic E-state index is 0. The SMILES string of the molecule is CCNC(=NCc1ccc(OCCN(CC)CC)cc1)NCc1nc(C)c(C)s1.I. The third kappa shape index (κ3) is 9.18. The molecular formula is C22H36IN5OS. The lowest BCUT2D eigenvalue weighted by Crippen LogP contribution is -2.36. The van der Waals surface area contributed by atoms with Crippen molar-refractivity contribution >= 4 is 41.3 Å². The lowest BCUT2D eigenvalue weighted by molar-refractivity contribution is 0.223. The number of aliphatic imine (C=N–C) groups is 1. The number of halogens is 1. The predicted molar refractivity (Wildman–Crippen MR) is 138 cm³/mol. The topological polar surface area (TPSA) is 61.8 Å². The zero-order valence-electron chi connectivity index (χ0n) is 18.8. The van der Waals surface area contributed by atoms with Crippen LogP contribution in [0.4, 0.5) is 0 Å². The number of aromatic nitrogens is 1. The highest BCUT2D eigenvalue weighted by molar-refractivity contribution is 14.0. The summed E-state index contributed by atoms with van der Waals surface area (Å²) in [5.74, 6) is 1.71. The number of thiazole rings is 1. The van der Waals surface area contributed by atoms with Gasteiger partial charge in [-0.25, -0.2) is 9.98 Å². The largest absolute Gasteiger partial charge is 0.492 e. The molecule has 0 saturated heterocycles. The van der Waals surface area contributed by atoms with E-state index in [1.807, 2.05) is 19.1 Å². The van der Waals surface area contributed by atoms with Gasteiger partial charge in [0.1, 0.15) is 17.4 Å². The average molecular weight is 546 g/mol. The second-order valence-corrected chi connectivity index (χ2v) is 8.10. The van der Waals surface area contributed by atoms with Crippen LogP contribution in [0.25, 0.3) is 0 Å². The standard InChI is InChI=1S/C22H35N5OS.HI/c1-6-23-22(25-16-21-26-17(4)18(5)29-21)24-15-19-9-11-20(12-10-19)28-14-13-27(7-2)8-3;/h9-12H,6-8,13-16H2,1-5H3,(H2,23,24,25);1H. The van der Waals surface area contributed by atoms with Crippen molar-refractivity contribution in [3.8, 4) is 5.75 Å². The van der Waals surface area contributed by atoms with Gasteiger partial charge in [0.05, 0.1) is 18.8 Å². The number of ether oxygens (including phenoxy) is 1. The van der Waals surface area contributed by atoms with Crippen molar-refractivity contribution < 1.29 is 4.74 Å². The van der Waals surface area contributed by atoms with Crippen molar-refractivity contribution in [3.63, 3.8) is 0 Å². The number of rotatable bonds is 11. The first-order chi connectivity index (χ1) is 14.0. The van der Waals surface area contributed by atoms with Crippen LogP contribution in [-0.4, -0.2) is 48.6 Å². The van der Waals surface area contributed by atoms with E-state index in [2.05, 4.69) is 65.3 Å². The van der Waals surface area contributed by atoms with E-state index >= 15 is 0 Å². The highest BCUT2D eigenvalue weighted by Crippen LogP contribution is 2.16. The van der Waals surface area contributed by atoms with Gasteiger partial charge in [-0.2, -0.15) is 0 Å². The highest BCUT2D eigenvalue weighted by Gasteiger charge is 2.05. The van der Waals surface area contributed by atoms with E-state index in [0.29, 0.717) is 19.7 Å². The van der Waals surface area contributed by atoms with Crippen LogP contribution < -0.4 is 15.4 Å². The first kappa shape index (κ1) is 26.6. The molecule has 0 radical (unpaired) electrons. The van der Waals surface area contributed by atoms with E-state index in [1.54, 1.807) is 11.3 Å². The van der Waals surface area contributed by atoms with Gasteiger partial charge in [-0.1, -0.05) is 26.0 Å². The normalized spacial score (nSPS) is 11.3. The fraction of sp³-hybridized carbons (Fsp3) is 0.545. The van der Waals surface area contributed by atoms with Gasteiger partial charge >= 0.3 is 0 Å². The van der Waals surface area contributed by atoms with Crippen molar-refractivity contribution in [2.45, 2.75) is 47.7 Å². The summed E-state index contributed by atoms with van der Waals surface area (Å²) in [6.45, 7) is 16.5. The third-order valence-electron chi connectivity index (χ3n) is 4.74. The smallest absolute Gasteiger partial charge is 0.191 e. The molecule has 2 N–H and O–H groups in total. The number of guanidine groups is 1. The molecule has 0 unspecified atom stereocenters. The fourth-order valence-electron chi connectivity index (χ4n) is 2.81. The Morgan fingerprint density at radius 2 is 1.80 bits per heavy atom. The van der Waals surface area contributed by atoms with Gasteiger partial charge in [0.2, 0.25) is 0 Å². The quantitative estimate of drug-likeness (QED) is 0.250. The molecule has 0 saturated carbocycles. The first-order valence-electron chi connectivity index (χ1n) is 10.4. The number of nitrogens with one attached hydrogen (secondary N) is 2. The first-order valence-corrected chi connectivity index (χ1v) is 11.3. The number of hydrogen-bond acceptors (Lipinski definition) is 5. The van der Waals surface area contributed by atoms with Gasteiger partial charge in [0, 0.05) is 18.0 Å². The summed E-state index contributed by atoms with van der Waals surface area (Å²) in [5.41, 5.74) is 2.26. The molecule has 0 fully saturated rings. The molecule has 0 aliphatic rings. The molecule has 0 aliphatic heterocycles. The van der Waals surface area contributed by atoms with Crippen molar-refractivity contribution in [1.82, 2.24) is 20.5 Å². The van der Waals surface area contributed by atoms with Gasteiger partial charge in [-0.05, 0) is 51.6 Å². The summed E-state index contributed by atoms with van der Waals surface area (Å²) < 4.78 is 5.85. The Kier molecular flexibility index (Phi) is 13.0. The van der Waals surface area contributed by atoms with E-state index < -0.39 is 0 Å². The molecule has 2 rings (SSSR count). The molecule has 1 heterocycles. The van der Waals surface area contributed by atoms with Gasteiger partial charge in [-0.3, -0.25) is 0 Å². The van der Waals surface area contributed by atoms with E-state index in [-0.39, 0.29) is 24.0 Å². The third-order valence-corrected chi connectivity index (χ3v) is 5.81. The summed E-state index contributed by atoms with van der Waals surface area (Å²) in [5, 5.41) is 7.74. The Morgan fingerprint density at radius 1 is 1.10 bits per heavy atom. The second kappa shape index (κ2) is 14.6. The summed E-state index contributed by atoms with van der Waals surface area (Å²) in [4.78, 5) is 12.9. The molecule has 6 nitrogen and oxygen atoms in total. The van der Waals surface area contributed by atoms with Gasteiger partial charge in [0.25, 0.3) is 0 Å². The minimum absolute atomic E-state index is 0. The summed E-state index contributed by atoms with van der Waals surface area (Å²) in [6, 6.07) is 8.20. The van der Waals surface area contributed by atoms with Crippen LogP contribution in [0, 0.1) is 13.8 Å². The minimum Gasteiger partial charge on any atom is -0.492 e. The van der Waals surface area contributed by atoms with Crippen molar-refractivity contribution in [3.05, 3.63) is 45.4 Å². The number of aryl methyl sites for hydroxylation is 2. The summed E-state index contributed by atoms with van der Waals surface area (Å²) in [7, 11) is 0. The maximum atomic E-state index is 5.85. The maximum Gasteiger partial charge on any atom is 0.191 e. The molecule has 0 amide bonds. The zero-order chi connectivity index (χ0) is 21.1. The van der Waals surface area contributed by atoms with E-state index in [4.69, 9.17) is 4.74 Å². The van der Waals surface area contributed by atoms with Crippen LogP contribution in [0.2, 0.25) is 0 Å². The zero-order valence-corrected chi connectivity index (χ0v) is 22.0. The maximum absolute atomic E-state index is 5.85. The molecular weight excluding hydrogens is 509 g/mol. The van der Waals surface area contributed by atoms with Gasteiger partial charge < -0.3 is 20.3 Å². The Hall–Kier alpha value is -1.39. The Labute approximate surface area is 202 Å². The second-order valence-electron chi connectivity index (χ2n) is 6.82. The molecule has 2 aromatic rings. The lowest BCUT2D eigenvalue weighted by atomic mass is 10.2. The molecule has 30 heavy (non-hydrogen) atoms. The number of benzene rings is 1. The van der Waals surface area contributed by atoms with Gasteiger partial charge in [0.15, 0.2) is 5.96 Å². The van der Waals surface area contributed by atoms with E-state index in [9.17, 15) is 0 Å². The Bertz CT molecular complexity index is 740. The number of nitrogens with zero attached hydrogens (tertiary/aromatic N) is 3. The predicted octanol–water partition coefficient (Wildman–Crippen LogP) is 4.35. The molecule has 0 atom stereocenters.